The first-order valence-corrected chi connectivity index (χ1v) is 9.46. The highest BCUT2D eigenvalue weighted by Crippen LogP contribution is 2.36. The van der Waals surface area contributed by atoms with E-state index in [4.69, 9.17) is 4.74 Å². The maximum atomic E-state index is 6.31. The average molecular weight is 353 g/mol. The van der Waals surface area contributed by atoms with Crippen molar-refractivity contribution in [1.29, 1.82) is 0 Å². The number of aryl methyl sites for hydroxylation is 2. The Morgan fingerprint density at radius 2 is 2.12 bits per heavy atom. The lowest BCUT2D eigenvalue weighted by Gasteiger charge is -2.39. The number of pyridine rings is 1. The summed E-state index contributed by atoms with van der Waals surface area (Å²) in [5.74, 6) is 0.831. The van der Waals surface area contributed by atoms with E-state index >= 15 is 0 Å². The number of likely N-dealkylation sites (tertiary alicyclic amines) is 1. The zero-order valence-electron chi connectivity index (χ0n) is 15.6. The van der Waals surface area contributed by atoms with E-state index in [1.165, 1.54) is 6.42 Å². The van der Waals surface area contributed by atoms with Crippen molar-refractivity contribution in [3.05, 3.63) is 47.4 Å². The minimum absolute atomic E-state index is 0.0438. The lowest BCUT2D eigenvalue weighted by molar-refractivity contribution is -0.0535. The van der Waals surface area contributed by atoms with Gasteiger partial charge in [0, 0.05) is 25.2 Å². The molecule has 2 aromatic heterocycles. The average Bonchev–Trinajstić information content (AvgIpc) is 2.99. The largest absolute Gasteiger partial charge is 0.371 e. The monoisotopic (exact) mass is 353 g/mol. The Balaban J connectivity index is 1.37. The number of rotatable bonds is 4. The second-order valence-electron chi connectivity index (χ2n) is 7.68. The second kappa shape index (κ2) is 7.29. The van der Waals surface area contributed by atoms with Gasteiger partial charge in [-0.25, -0.2) is 0 Å². The van der Waals surface area contributed by atoms with Crippen LogP contribution in [0.4, 0.5) is 5.82 Å². The van der Waals surface area contributed by atoms with E-state index in [1.54, 1.807) is 0 Å². The van der Waals surface area contributed by atoms with Gasteiger partial charge in [-0.05, 0) is 57.5 Å². The van der Waals surface area contributed by atoms with Crippen LogP contribution in [-0.2, 0) is 11.3 Å². The highest BCUT2D eigenvalue weighted by molar-refractivity contribution is 5.34. The van der Waals surface area contributed by atoms with Gasteiger partial charge in [0.25, 0.3) is 0 Å². The molecule has 4 heterocycles. The van der Waals surface area contributed by atoms with Crippen molar-refractivity contribution < 1.29 is 4.74 Å². The summed E-state index contributed by atoms with van der Waals surface area (Å²) in [6.07, 6.45) is 3.31. The molecule has 26 heavy (non-hydrogen) atoms. The minimum atomic E-state index is -0.0438. The summed E-state index contributed by atoms with van der Waals surface area (Å²) in [4.78, 5) is 7.14. The van der Waals surface area contributed by atoms with Crippen LogP contribution in [0.15, 0.2) is 30.3 Å². The van der Waals surface area contributed by atoms with E-state index in [0.29, 0.717) is 6.04 Å². The predicted octanol–water partition coefficient (Wildman–Crippen LogP) is 2.72. The van der Waals surface area contributed by atoms with E-state index in [-0.39, 0.29) is 5.60 Å². The maximum absolute atomic E-state index is 6.31. The number of hydrogen-bond donors (Lipinski definition) is 1. The summed E-state index contributed by atoms with van der Waals surface area (Å²) in [6, 6.07) is 10.5. The van der Waals surface area contributed by atoms with Crippen molar-refractivity contribution in [2.24, 2.45) is 0 Å². The number of nitrogens with zero attached hydrogens (tertiary/aromatic N) is 4. The standard InChI is InChI=1S/C20H27N5O/c1-15-5-3-6-17(21-15)12-25-10-4-9-20(14-25)11-18(13-26-20)22-19-8-7-16(2)23-24-19/h3,5-8,18H,4,9-14H2,1-2H3,(H,22,24). The molecule has 2 unspecified atom stereocenters. The van der Waals surface area contributed by atoms with Crippen LogP contribution in [0.25, 0.3) is 0 Å². The number of nitrogens with one attached hydrogen (secondary N) is 1. The van der Waals surface area contributed by atoms with Crippen molar-refractivity contribution in [3.63, 3.8) is 0 Å². The Labute approximate surface area is 155 Å². The molecule has 1 N–H and O–H groups in total. The molecule has 2 saturated heterocycles. The van der Waals surface area contributed by atoms with Crippen LogP contribution in [0.3, 0.4) is 0 Å². The third kappa shape index (κ3) is 4.02. The van der Waals surface area contributed by atoms with E-state index in [0.717, 1.165) is 62.0 Å². The van der Waals surface area contributed by atoms with Gasteiger partial charge in [-0.15, -0.1) is 5.10 Å². The number of hydrogen-bond acceptors (Lipinski definition) is 6. The molecule has 2 aromatic rings. The van der Waals surface area contributed by atoms with Crippen molar-refractivity contribution in [2.75, 3.05) is 25.0 Å². The van der Waals surface area contributed by atoms with Crippen molar-refractivity contribution in [3.8, 4) is 0 Å². The summed E-state index contributed by atoms with van der Waals surface area (Å²) in [6.45, 7) is 7.71. The van der Waals surface area contributed by atoms with Gasteiger partial charge in [0.15, 0.2) is 0 Å². The van der Waals surface area contributed by atoms with Crippen LogP contribution in [0.2, 0.25) is 0 Å². The van der Waals surface area contributed by atoms with Gasteiger partial charge in [-0.2, -0.15) is 5.10 Å². The molecule has 138 valence electrons. The van der Waals surface area contributed by atoms with E-state index in [2.05, 4.69) is 37.5 Å². The third-order valence-electron chi connectivity index (χ3n) is 5.31. The van der Waals surface area contributed by atoms with Crippen molar-refractivity contribution >= 4 is 5.82 Å². The lowest BCUT2D eigenvalue weighted by atomic mass is 9.88. The first kappa shape index (κ1) is 17.4. The van der Waals surface area contributed by atoms with Crippen molar-refractivity contribution in [1.82, 2.24) is 20.1 Å². The quantitative estimate of drug-likeness (QED) is 0.912. The van der Waals surface area contributed by atoms with Crippen LogP contribution in [0.1, 0.15) is 36.3 Å². The van der Waals surface area contributed by atoms with Gasteiger partial charge >= 0.3 is 0 Å². The molecule has 0 amide bonds. The molecule has 2 aliphatic heterocycles. The predicted molar refractivity (Wildman–Crippen MR) is 101 cm³/mol. The molecule has 4 rings (SSSR count). The van der Waals surface area contributed by atoms with Crippen LogP contribution in [0.5, 0.6) is 0 Å². The lowest BCUT2D eigenvalue weighted by Crippen LogP contribution is -2.47. The normalized spacial score (nSPS) is 26.3. The van der Waals surface area contributed by atoms with Crippen LogP contribution in [0, 0.1) is 13.8 Å². The Morgan fingerprint density at radius 1 is 1.19 bits per heavy atom. The van der Waals surface area contributed by atoms with Gasteiger partial charge in [-0.3, -0.25) is 9.88 Å². The molecular formula is C20H27N5O. The fraction of sp³-hybridized carbons (Fsp3) is 0.550. The van der Waals surface area contributed by atoms with E-state index in [9.17, 15) is 0 Å². The van der Waals surface area contributed by atoms with E-state index < -0.39 is 0 Å². The molecular weight excluding hydrogens is 326 g/mol. The first-order valence-electron chi connectivity index (χ1n) is 9.46. The van der Waals surface area contributed by atoms with Gasteiger partial charge in [0.2, 0.25) is 0 Å². The molecule has 0 saturated carbocycles. The maximum Gasteiger partial charge on any atom is 0.148 e. The molecule has 0 aromatic carbocycles. The number of piperidine rings is 1. The summed E-state index contributed by atoms with van der Waals surface area (Å²) in [5, 5.41) is 11.8. The van der Waals surface area contributed by atoms with Crippen molar-refractivity contribution in [2.45, 2.75) is 51.3 Å². The zero-order valence-corrected chi connectivity index (χ0v) is 15.6. The number of anilines is 1. The highest BCUT2D eigenvalue weighted by Gasteiger charge is 2.43. The zero-order chi connectivity index (χ0) is 18.0. The Hall–Kier alpha value is -2.05. The molecule has 2 fully saturated rings. The third-order valence-corrected chi connectivity index (χ3v) is 5.31. The molecule has 0 radical (unpaired) electrons. The van der Waals surface area contributed by atoms with Gasteiger partial charge in [0.05, 0.1) is 29.6 Å². The SMILES string of the molecule is Cc1ccc(NC2COC3(CCCN(Cc4cccc(C)n4)C3)C2)nn1. The first-order chi connectivity index (χ1) is 12.6. The minimum Gasteiger partial charge on any atom is -0.371 e. The van der Waals surface area contributed by atoms with Crippen LogP contribution >= 0.6 is 0 Å². The molecule has 2 atom stereocenters. The topological polar surface area (TPSA) is 63.2 Å². The molecule has 2 aliphatic rings. The van der Waals surface area contributed by atoms with Gasteiger partial charge in [-0.1, -0.05) is 6.07 Å². The molecule has 6 nitrogen and oxygen atoms in total. The van der Waals surface area contributed by atoms with Gasteiger partial charge < -0.3 is 10.1 Å². The Kier molecular flexibility index (Phi) is 4.87. The van der Waals surface area contributed by atoms with Crippen LogP contribution < -0.4 is 5.32 Å². The molecule has 0 aliphatic carbocycles. The molecule has 0 bridgehead atoms. The fourth-order valence-electron chi connectivity index (χ4n) is 4.15. The Morgan fingerprint density at radius 3 is 2.92 bits per heavy atom. The summed E-state index contributed by atoms with van der Waals surface area (Å²) in [7, 11) is 0. The number of ether oxygens (including phenoxy) is 1. The second-order valence-corrected chi connectivity index (χ2v) is 7.68. The molecule has 6 heteroatoms. The summed E-state index contributed by atoms with van der Waals surface area (Å²) < 4.78 is 6.31. The van der Waals surface area contributed by atoms with E-state index in [1.807, 2.05) is 32.0 Å². The summed E-state index contributed by atoms with van der Waals surface area (Å²) in [5.41, 5.74) is 3.11. The number of aromatic nitrogens is 3. The van der Waals surface area contributed by atoms with Gasteiger partial charge in [0.1, 0.15) is 5.82 Å². The van der Waals surface area contributed by atoms with Crippen LogP contribution in [-0.4, -0.2) is 51.4 Å². The summed E-state index contributed by atoms with van der Waals surface area (Å²) >= 11 is 0. The molecule has 1 spiro atoms. The highest BCUT2D eigenvalue weighted by atomic mass is 16.5. The smallest absolute Gasteiger partial charge is 0.148 e. The fourth-order valence-corrected chi connectivity index (χ4v) is 4.15. The Bertz CT molecular complexity index is 750.